The van der Waals surface area contributed by atoms with Crippen molar-refractivity contribution >= 4 is 28.8 Å². The van der Waals surface area contributed by atoms with Crippen molar-refractivity contribution in [2.24, 2.45) is 7.05 Å². The van der Waals surface area contributed by atoms with E-state index in [1.165, 1.54) is 6.07 Å². The van der Waals surface area contributed by atoms with Crippen LogP contribution >= 0.6 is 0 Å². The Morgan fingerprint density at radius 3 is 2.44 bits per heavy atom. The molecule has 5 aromatic rings. The van der Waals surface area contributed by atoms with E-state index in [1.54, 1.807) is 25.5 Å². The van der Waals surface area contributed by atoms with Gasteiger partial charge in [0.15, 0.2) is 17.7 Å². The molecule has 1 fully saturated rings. The van der Waals surface area contributed by atoms with E-state index in [1.807, 2.05) is 57.5 Å². The van der Waals surface area contributed by atoms with Crippen LogP contribution in [-0.4, -0.2) is 74.0 Å². The predicted molar refractivity (Wildman–Crippen MR) is 190 cm³/mol. The summed E-state index contributed by atoms with van der Waals surface area (Å²) in [7, 11) is 1.95. The van der Waals surface area contributed by atoms with E-state index < -0.39 is 23.5 Å². The lowest BCUT2D eigenvalue weighted by molar-refractivity contribution is -0.160. The number of ether oxygens (including phenoxy) is 2. The minimum absolute atomic E-state index is 0.275. The second kappa shape index (κ2) is 13.0. The molecule has 0 amide bonds. The van der Waals surface area contributed by atoms with Crippen LogP contribution in [0.1, 0.15) is 55.7 Å². The number of carboxylic acids is 1. The largest absolute Gasteiger partial charge is 0.490 e. The highest BCUT2D eigenvalue weighted by atomic mass is 19.1. The Bertz CT molecular complexity index is 2090. The highest BCUT2D eigenvalue weighted by Gasteiger charge is 2.34. The fraction of sp³-hybridized carbons (Fsp3) is 0.395. The molecule has 260 valence electrons. The minimum atomic E-state index is -1.34. The Hall–Kier alpha value is -5.10. The average Bonchev–Trinajstić information content (AvgIpc) is 3.43. The van der Waals surface area contributed by atoms with Gasteiger partial charge in [0.1, 0.15) is 11.5 Å². The van der Waals surface area contributed by atoms with Gasteiger partial charge in [0.05, 0.1) is 17.9 Å². The van der Waals surface area contributed by atoms with Crippen molar-refractivity contribution < 1.29 is 23.8 Å². The molecule has 1 aromatic carbocycles. The molecule has 1 N–H and O–H groups in total. The van der Waals surface area contributed by atoms with Crippen molar-refractivity contribution in [3.63, 3.8) is 0 Å². The fourth-order valence-electron chi connectivity index (χ4n) is 7.19. The maximum absolute atomic E-state index is 15.8. The van der Waals surface area contributed by atoms with Gasteiger partial charge >= 0.3 is 5.97 Å². The maximum atomic E-state index is 15.8. The van der Waals surface area contributed by atoms with Crippen LogP contribution in [0.2, 0.25) is 0 Å². The normalized spacial score (nSPS) is 15.6. The number of hydrogen-bond donors (Lipinski definition) is 1. The van der Waals surface area contributed by atoms with Crippen LogP contribution in [0.15, 0.2) is 48.9 Å². The first-order chi connectivity index (χ1) is 23.9. The molecule has 50 heavy (non-hydrogen) atoms. The second-order valence-electron chi connectivity index (χ2n) is 14.0. The number of nitrogens with zero attached hydrogens (tertiary/aromatic N) is 7. The van der Waals surface area contributed by atoms with Crippen LogP contribution in [0, 0.1) is 19.7 Å². The summed E-state index contributed by atoms with van der Waals surface area (Å²) in [6.45, 7) is 12.7. The third-order valence-electron chi connectivity index (χ3n) is 9.55. The van der Waals surface area contributed by atoms with Crippen molar-refractivity contribution in [2.75, 3.05) is 42.6 Å². The predicted octanol–water partition coefficient (Wildman–Crippen LogP) is 6.44. The first-order valence-electron chi connectivity index (χ1n) is 17.0. The van der Waals surface area contributed by atoms with Crippen LogP contribution in [0.25, 0.3) is 33.4 Å². The molecule has 0 saturated carbocycles. The van der Waals surface area contributed by atoms with Gasteiger partial charge in [0.25, 0.3) is 0 Å². The lowest BCUT2D eigenvalue weighted by atomic mass is 9.86. The number of pyridine rings is 2. The Morgan fingerprint density at radius 2 is 1.74 bits per heavy atom. The maximum Gasteiger partial charge on any atom is 0.337 e. The summed E-state index contributed by atoms with van der Waals surface area (Å²) < 4.78 is 29.8. The summed E-state index contributed by atoms with van der Waals surface area (Å²) in [5.74, 6) is 0.243. The Kier molecular flexibility index (Phi) is 8.67. The Labute approximate surface area is 290 Å². The second-order valence-corrected chi connectivity index (χ2v) is 14.0. The average molecular weight is 680 g/mol. The van der Waals surface area contributed by atoms with Gasteiger partial charge in [-0.2, -0.15) is 0 Å². The van der Waals surface area contributed by atoms with Gasteiger partial charge in [-0.15, -0.1) is 0 Å². The quantitative estimate of drug-likeness (QED) is 0.206. The lowest BCUT2D eigenvalue weighted by Gasteiger charge is -2.35. The van der Waals surface area contributed by atoms with Gasteiger partial charge in [-0.05, 0) is 88.9 Å². The third-order valence-corrected chi connectivity index (χ3v) is 9.55. The molecule has 11 nitrogen and oxygen atoms in total. The van der Waals surface area contributed by atoms with E-state index in [-0.39, 0.29) is 5.75 Å². The lowest BCUT2D eigenvalue weighted by Crippen LogP contribution is -2.47. The Morgan fingerprint density at radius 1 is 1.02 bits per heavy atom. The number of piperazine rings is 1. The zero-order valence-corrected chi connectivity index (χ0v) is 29.3. The van der Waals surface area contributed by atoms with Crippen molar-refractivity contribution in [2.45, 2.75) is 59.2 Å². The molecule has 0 spiro atoms. The van der Waals surface area contributed by atoms with Gasteiger partial charge < -0.3 is 28.9 Å². The molecule has 0 unspecified atom stereocenters. The molecule has 4 aromatic heterocycles. The number of aliphatic carboxylic acids is 1. The number of fused-ring (bicyclic) bond motifs is 2. The number of benzene rings is 1. The van der Waals surface area contributed by atoms with E-state index in [9.17, 15) is 9.90 Å². The fourth-order valence-corrected chi connectivity index (χ4v) is 7.19. The van der Waals surface area contributed by atoms with Crippen molar-refractivity contribution in [3.8, 4) is 28.1 Å². The first-order valence-corrected chi connectivity index (χ1v) is 17.0. The van der Waals surface area contributed by atoms with Crippen LogP contribution in [0.4, 0.5) is 16.2 Å². The number of rotatable bonds is 7. The van der Waals surface area contributed by atoms with Gasteiger partial charge in [-0.25, -0.2) is 29.1 Å². The van der Waals surface area contributed by atoms with Gasteiger partial charge in [-0.1, -0.05) is 0 Å². The minimum Gasteiger partial charge on any atom is -0.490 e. The van der Waals surface area contributed by atoms with Gasteiger partial charge in [0, 0.05) is 85.2 Å². The first kappa shape index (κ1) is 33.4. The molecule has 1 saturated heterocycles. The molecule has 1 atom stereocenters. The van der Waals surface area contributed by atoms with E-state index >= 15 is 4.39 Å². The van der Waals surface area contributed by atoms with Crippen molar-refractivity contribution in [3.05, 3.63) is 77.1 Å². The summed E-state index contributed by atoms with van der Waals surface area (Å²) in [4.78, 5) is 35.9. The zero-order chi connectivity index (χ0) is 35.3. The monoisotopic (exact) mass is 679 g/mol. The van der Waals surface area contributed by atoms with Crippen LogP contribution < -0.4 is 14.5 Å². The molecule has 12 heteroatoms. The van der Waals surface area contributed by atoms with E-state index in [2.05, 4.69) is 25.8 Å². The molecule has 6 heterocycles. The molecule has 0 bridgehead atoms. The SMILES string of the molecule is Cc1nc2c(cc(-c3ccnc(N4CCN(c5ncccn5)CC4)c3)n2C)c(-c2cc(F)c3c(c2C)CCCO3)c1[C@H](OC(C)(C)C)C(=O)O. The highest BCUT2D eigenvalue weighted by molar-refractivity contribution is 6.01. The molecular weight excluding hydrogens is 637 g/mol. The topological polar surface area (TPSA) is 119 Å². The van der Waals surface area contributed by atoms with Crippen molar-refractivity contribution in [1.29, 1.82) is 0 Å². The number of carbonyl (C=O) groups is 1. The number of anilines is 2. The summed E-state index contributed by atoms with van der Waals surface area (Å²) >= 11 is 0. The van der Waals surface area contributed by atoms with Crippen LogP contribution in [0.3, 0.4) is 0 Å². The van der Waals surface area contributed by atoms with E-state index in [0.717, 1.165) is 66.8 Å². The number of aromatic nitrogens is 5. The van der Waals surface area contributed by atoms with Crippen molar-refractivity contribution in [1.82, 2.24) is 24.5 Å². The van der Waals surface area contributed by atoms with E-state index in [0.29, 0.717) is 46.4 Å². The summed E-state index contributed by atoms with van der Waals surface area (Å²) in [6.07, 6.45) is 5.42. The third kappa shape index (κ3) is 6.12. The molecule has 0 radical (unpaired) electrons. The molecule has 2 aliphatic rings. The highest BCUT2D eigenvalue weighted by Crippen LogP contribution is 2.45. The van der Waals surface area contributed by atoms with Crippen LogP contribution in [-0.2, 0) is 23.0 Å². The summed E-state index contributed by atoms with van der Waals surface area (Å²) in [5, 5.41) is 11.3. The zero-order valence-electron chi connectivity index (χ0n) is 29.3. The van der Waals surface area contributed by atoms with E-state index in [4.69, 9.17) is 19.4 Å². The number of carboxylic acid groups (broad SMARTS) is 1. The van der Waals surface area contributed by atoms with Gasteiger partial charge in [-0.3, -0.25) is 0 Å². The molecule has 7 rings (SSSR count). The standard InChI is InChI=1S/C38H42FN7O4/c1-22-25-9-7-18-49-33(25)28(39)20-26(22)32-27-21-29(44(6)35(27)43-23(2)31(32)34(36(47)48)50-38(3,4)5)24-10-13-40-30(19-24)45-14-16-46(17-15-45)37-41-11-8-12-42-37/h8,10-13,19-21,34H,7,9,14-18H2,1-6H3,(H,47,48)/t34-/m0/s1. The number of halogens is 1. The van der Waals surface area contributed by atoms with Gasteiger partial charge in [0.2, 0.25) is 5.95 Å². The number of aryl methyl sites for hydroxylation is 2. The smallest absolute Gasteiger partial charge is 0.337 e. The van der Waals surface area contributed by atoms with Crippen LogP contribution in [0.5, 0.6) is 5.75 Å². The summed E-state index contributed by atoms with van der Waals surface area (Å²) in [6, 6.07) is 9.34. The number of hydrogen-bond acceptors (Lipinski definition) is 9. The summed E-state index contributed by atoms with van der Waals surface area (Å²) in [5.41, 5.74) is 5.44. The molecule has 0 aliphatic carbocycles. The molecule has 2 aliphatic heterocycles. The Balaban J connectivity index is 1.37. The molecular formula is C38H42FN7O4.